The number of aromatic nitrogens is 4. The third-order valence-electron chi connectivity index (χ3n) is 9.82. The number of halogens is 2. The molecule has 0 fully saturated rings. The summed E-state index contributed by atoms with van der Waals surface area (Å²) in [5.41, 5.74) is 6.01. The van der Waals surface area contributed by atoms with E-state index in [-0.39, 0.29) is 18.5 Å². The van der Waals surface area contributed by atoms with Gasteiger partial charge in [-0.25, -0.2) is 14.8 Å². The summed E-state index contributed by atoms with van der Waals surface area (Å²) in [5.74, 6) is 0.809. The standard InChI is InChI=1S/C14H18BrNO2.C13H13N3.C4H3N2.3C4H9.ClH.Sn/c1-14(2,3)18-13(17)16-7-6-10-8-12(15)5-4-11(10)9-16;1-5-15-13(16-6-1)11-2-3-12-9-14-7-4-10(12)8-11;1-2-5-4-6-3-1;3*1-3-4-2;;/h4-5,8H,6-7,9H2,1-3H3;1-3,5-6,8,14H,4,7,9H2;1-3H;3*1,3-4H2,2H3;1H;. The van der Waals surface area contributed by atoms with E-state index in [4.69, 9.17) is 14.7 Å². The number of unbranched alkanes of at least 4 members (excludes halogenated alkanes) is 3. The number of hydrogen-bond acceptors (Lipinski definition) is 7. The molecule has 1 amide bonds. The van der Waals surface area contributed by atoms with Crippen LogP contribution in [0.1, 0.15) is 102 Å². The molecular weight excluding hydrogens is 867 g/mol. The van der Waals surface area contributed by atoms with Gasteiger partial charge in [0.05, 0.1) is 0 Å². The van der Waals surface area contributed by atoms with Gasteiger partial charge in [-0.05, 0) is 86.7 Å². The van der Waals surface area contributed by atoms with Crippen LogP contribution in [0.3, 0.4) is 0 Å². The Bertz CT molecular complexity index is 1670. The number of fused-ring (bicyclic) bond motifs is 2. The molecule has 0 unspecified atom stereocenters. The van der Waals surface area contributed by atoms with E-state index in [1.807, 2.05) is 51.4 Å². The zero-order chi connectivity index (χ0) is 38.1. The Morgan fingerprint density at radius 3 is 1.96 bits per heavy atom. The summed E-state index contributed by atoms with van der Waals surface area (Å²) in [6.07, 6.45) is 17.3. The predicted octanol–water partition coefficient (Wildman–Crippen LogP) is 10.5. The van der Waals surface area contributed by atoms with Gasteiger partial charge in [0.2, 0.25) is 0 Å². The monoisotopic (exact) mass is 928 g/mol. The Labute approximate surface area is 343 Å². The zero-order valence-corrected chi connectivity index (χ0v) is 38.6. The first-order valence-electron chi connectivity index (χ1n) is 19.7. The molecule has 0 spiro atoms. The summed E-state index contributed by atoms with van der Waals surface area (Å²) in [5, 5.41) is 3.37. The van der Waals surface area contributed by atoms with Crippen molar-refractivity contribution in [1.82, 2.24) is 30.2 Å². The van der Waals surface area contributed by atoms with Crippen LogP contribution in [0.4, 0.5) is 4.79 Å². The molecule has 2 aliphatic heterocycles. The van der Waals surface area contributed by atoms with Gasteiger partial charge >= 0.3 is 129 Å². The molecule has 0 aliphatic carbocycles. The molecule has 54 heavy (non-hydrogen) atoms. The van der Waals surface area contributed by atoms with E-state index in [0.717, 1.165) is 48.3 Å². The topological polar surface area (TPSA) is 93.1 Å². The Kier molecular flexibility index (Phi) is 19.9. The summed E-state index contributed by atoms with van der Waals surface area (Å²) in [7, 11) is 0. The van der Waals surface area contributed by atoms with E-state index in [0.29, 0.717) is 6.54 Å². The van der Waals surface area contributed by atoms with Crippen LogP contribution in [-0.4, -0.2) is 68.0 Å². The van der Waals surface area contributed by atoms with Gasteiger partial charge in [0.15, 0.2) is 5.82 Å². The number of ether oxygens (including phenoxy) is 1. The molecule has 2 aromatic carbocycles. The maximum atomic E-state index is 12.0. The number of benzene rings is 2. The number of nitrogens with zero attached hydrogens (tertiary/aromatic N) is 5. The second-order valence-electron chi connectivity index (χ2n) is 15.2. The first-order chi connectivity index (χ1) is 25.6. The van der Waals surface area contributed by atoms with Crippen LogP contribution in [0, 0.1) is 0 Å². The van der Waals surface area contributed by atoms with Crippen molar-refractivity contribution < 1.29 is 9.53 Å². The van der Waals surface area contributed by atoms with Gasteiger partial charge in [-0.3, -0.25) is 0 Å². The quantitative estimate of drug-likeness (QED) is 0.150. The summed E-state index contributed by atoms with van der Waals surface area (Å²) in [4.78, 5) is 31.7. The Morgan fingerprint density at radius 1 is 0.796 bits per heavy atom. The van der Waals surface area contributed by atoms with Crippen molar-refractivity contribution in [3.05, 3.63) is 100 Å². The molecule has 11 heteroatoms. The van der Waals surface area contributed by atoms with Gasteiger partial charge in [-0.2, -0.15) is 0 Å². The number of hydrogen-bond donors (Lipinski definition) is 1. The van der Waals surface area contributed by atoms with Crippen LogP contribution < -0.4 is 9.16 Å². The van der Waals surface area contributed by atoms with E-state index in [9.17, 15) is 4.79 Å². The molecule has 8 nitrogen and oxygen atoms in total. The molecule has 0 saturated carbocycles. The predicted molar refractivity (Wildman–Crippen MR) is 231 cm³/mol. The average molecular weight is 929 g/mol. The van der Waals surface area contributed by atoms with E-state index in [1.165, 1.54) is 77.9 Å². The van der Waals surface area contributed by atoms with Crippen LogP contribution in [0.15, 0.2) is 77.8 Å². The van der Waals surface area contributed by atoms with E-state index in [1.54, 1.807) is 17.3 Å². The Hall–Kier alpha value is -2.60. The van der Waals surface area contributed by atoms with Crippen molar-refractivity contribution in [2.75, 3.05) is 13.1 Å². The molecule has 0 radical (unpaired) electrons. The molecule has 0 saturated heterocycles. The van der Waals surface area contributed by atoms with Gasteiger partial charge in [0.25, 0.3) is 0 Å². The number of nitrogens with one attached hydrogen (secondary N) is 1. The first kappa shape index (κ1) is 45.8. The van der Waals surface area contributed by atoms with Gasteiger partial charge in [0.1, 0.15) is 5.60 Å². The summed E-state index contributed by atoms with van der Waals surface area (Å²) < 4.78 is 12.1. The first-order valence-corrected chi connectivity index (χ1v) is 28.0. The molecule has 1 N–H and O–H groups in total. The van der Waals surface area contributed by atoms with Crippen LogP contribution in [0.2, 0.25) is 13.3 Å². The van der Waals surface area contributed by atoms with Gasteiger partial charge < -0.3 is 15.0 Å². The molecule has 4 heterocycles. The van der Waals surface area contributed by atoms with E-state index < -0.39 is 24.0 Å². The molecule has 4 aromatic rings. The van der Waals surface area contributed by atoms with Crippen LogP contribution >= 0.6 is 28.3 Å². The number of rotatable bonds is 11. The molecule has 0 bridgehead atoms. The minimum absolute atomic E-state index is 0. The molecule has 294 valence electrons. The number of carbonyl (C=O) groups excluding carboxylic acids is 1. The fourth-order valence-corrected chi connectivity index (χ4v) is 22.2. The van der Waals surface area contributed by atoms with Gasteiger partial charge in [0, 0.05) is 42.1 Å². The SMILES string of the molecule is CC(C)(C)OC(=O)N1CCc2cc(Br)ccc2C1.CCC[CH2][Sn]([CH2]CCC)([CH2]CCC)[c]1ncccn1.Cl.c1cnc(-c2ccc3c(c2)CCNC3)nc1. The Balaban J connectivity index is 0.000000216. The number of carbonyl (C=O) groups is 1. The molecule has 2 aliphatic rings. The smallest absolute Gasteiger partial charge is 0.159 e. The number of amides is 1. The summed E-state index contributed by atoms with van der Waals surface area (Å²) >= 11 is 1.15. The maximum Gasteiger partial charge on any atom is 0.159 e. The minimum Gasteiger partial charge on any atom is -0.312 e. The van der Waals surface area contributed by atoms with Crippen molar-refractivity contribution in [3.63, 3.8) is 0 Å². The van der Waals surface area contributed by atoms with Crippen molar-refractivity contribution in [1.29, 1.82) is 0 Å². The Morgan fingerprint density at radius 2 is 1.37 bits per heavy atom. The minimum atomic E-state index is -2.32. The summed E-state index contributed by atoms with van der Waals surface area (Å²) in [6, 6.07) is 16.5. The molecule has 2 aromatic heterocycles. The average Bonchev–Trinajstić information content (AvgIpc) is 3.18. The third kappa shape index (κ3) is 14.5. The fraction of sp³-hybridized carbons (Fsp3) is 0.512. The van der Waals surface area contributed by atoms with Crippen molar-refractivity contribution in [2.45, 2.75) is 125 Å². The van der Waals surface area contributed by atoms with E-state index in [2.05, 4.69) is 82.3 Å². The second-order valence-corrected chi connectivity index (χ2v) is 29.0. The van der Waals surface area contributed by atoms with Gasteiger partial charge in [-0.1, -0.05) is 34.1 Å². The van der Waals surface area contributed by atoms with Crippen LogP contribution in [0.25, 0.3) is 11.4 Å². The molecular formula is C43H62BrClN6O2Sn. The zero-order valence-electron chi connectivity index (χ0n) is 33.4. The van der Waals surface area contributed by atoms with Crippen molar-refractivity contribution in [3.8, 4) is 11.4 Å². The van der Waals surface area contributed by atoms with E-state index >= 15 is 0 Å². The largest absolute Gasteiger partial charge is 0.312 e. The van der Waals surface area contributed by atoms with Crippen LogP contribution in [-0.2, 0) is 30.7 Å². The molecule has 6 rings (SSSR count). The normalized spacial score (nSPS) is 13.5. The fourth-order valence-electron chi connectivity index (χ4n) is 6.90. The van der Waals surface area contributed by atoms with Crippen LogP contribution in [0.5, 0.6) is 0 Å². The second kappa shape index (κ2) is 23.5. The van der Waals surface area contributed by atoms with Gasteiger partial charge in [-0.15, -0.1) is 12.4 Å². The maximum absolute atomic E-state index is 12.0. The van der Waals surface area contributed by atoms with Crippen molar-refractivity contribution in [2.24, 2.45) is 0 Å². The van der Waals surface area contributed by atoms with Crippen molar-refractivity contribution >= 4 is 56.6 Å². The summed E-state index contributed by atoms with van der Waals surface area (Å²) in [6.45, 7) is 16.0. The third-order valence-corrected chi connectivity index (χ3v) is 25.0. The molecule has 0 atom stereocenters.